The highest BCUT2D eigenvalue weighted by Crippen LogP contribution is 2.33. The van der Waals surface area contributed by atoms with Gasteiger partial charge in [-0.3, -0.25) is 9.59 Å². The Kier molecular flexibility index (Phi) is 3.90. The second kappa shape index (κ2) is 5.88. The van der Waals surface area contributed by atoms with Crippen LogP contribution in [0.15, 0.2) is 42.5 Å². The van der Waals surface area contributed by atoms with Crippen LogP contribution < -0.4 is 9.64 Å². The number of benzene rings is 2. The number of Topliss-reactive ketones (excluding diaryl/α,β-unsaturated/α-hetero) is 1. The number of carbonyl (C=O) groups is 2. The van der Waals surface area contributed by atoms with E-state index in [0.717, 1.165) is 22.6 Å². The van der Waals surface area contributed by atoms with Crippen molar-refractivity contribution in [3.05, 3.63) is 59.2 Å². The average Bonchev–Trinajstić information content (AvgIpc) is 2.75. The van der Waals surface area contributed by atoms with E-state index in [9.17, 15) is 9.59 Å². The summed E-state index contributed by atoms with van der Waals surface area (Å²) in [6.45, 7) is 6.24. The van der Waals surface area contributed by atoms with Gasteiger partial charge in [-0.2, -0.15) is 0 Å². The number of amides is 1. The number of ether oxygens (including phenoxy) is 1. The molecule has 0 unspecified atom stereocenters. The molecule has 1 heterocycles. The Morgan fingerprint density at radius 3 is 2.39 bits per heavy atom. The fourth-order valence-electron chi connectivity index (χ4n) is 2.82. The van der Waals surface area contributed by atoms with E-state index in [1.54, 1.807) is 17.0 Å². The van der Waals surface area contributed by atoms with Crippen LogP contribution in [-0.2, 0) is 11.3 Å². The third kappa shape index (κ3) is 2.84. The van der Waals surface area contributed by atoms with Gasteiger partial charge in [0.15, 0.2) is 0 Å². The van der Waals surface area contributed by atoms with Crippen LogP contribution in [0.4, 0.5) is 5.69 Å². The number of rotatable bonds is 4. The van der Waals surface area contributed by atoms with E-state index in [1.165, 1.54) is 0 Å². The molecule has 4 nitrogen and oxygen atoms in total. The van der Waals surface area contributed by atoms with Crippen LogP contribution in [0.3, 0.4) is 0 Å². The molecule has 2 aromatic carbocycles. The van der Waals surface area contributed by atoms with Gasteiger partial charge in [-0.15, -0.1) is 0 Å². The lowest BCUT2D eigenvalue weighted by atomic mass is 10.1. The first-order valence-corrected chi connectivity index (χ1v) is 7.69. The van der Waals surface area contributed by atoms with E-state index >= 15 is 0 Å². The second-order valence-electron chi connectivity index (χ2n) is 6.00. The number of hydrogen-bond donors (Lipinski definition) is 0. The predicted molar refractivity (Wildman–Crippen MR) is 88.9 cm³/mol. The molecule has 1 aliphatic heterocycles. The number of fused-ring (bicyclic) bond motifs is 1. The standard InChI is InChI=1S/C19H19NO3/c1-12(2)23-15-9-7-14(8-10-15)11-20-17-13(3)5-4-6-16(17)18(21)19(20)22/h4-10,12H,11H2,1-3H3. The summed E-state index contributed by atoms with van der Waals surface area (Å²) >= 11 is 0. The average molecular weight is 309 g/mol. The molecule has 0 aromatic heterocycles. The van der Waals surface area contributed by atoms with Crippen LogP contribution in [0.25, 0.3) is 0 Å². The number of nitrogens with zero attached hydrogens (tertiary/aromatic N) is 1. The van der Waals surface area contributed by atoms with E-state index in [4.69, 9.17) is 4.74 Å². The Hall–Kier alpha value is -2.62. The molecule has 23 heavy (non-hydrogen) atoms. The van der Waals surface area contributed by atoms with Gasteiger partial charge in [0.1, 0.15) is 5.75 Å². The number of carbonyl (C=O) groups excluding carboxylic acids is 2. The van der Waals surface area contributed by atoms with Gasteiger partial charge in [-0.05, 0) is 50.1 Å². The van der Waals surface area contributed by atoms with Gasteiger partial charge >= 0.3 is 0 Å². The van der Waals surface area contributed by atoms with E-state index in [0.29, 0.717) is 12.1 Å². The number of anilines is 1. The maximum absolute atomic E-state index is 12.3. The summed E-state index contributed by atoms with van der Waals surface area (Å²) in [6.07, 6.45) is 0.119. The fourth-order valence-corrected chi connectivity index (χ4v) is 2.82. The molecule has 118 valence electrons. The molecular formula is C19H19NO3. The Morgan fingerprint density at radius 1 is 1.04 bits per heavy atom. The van der Waals surface area contributed by atoms with Crippen LogP contribution in [0.1, 0.15) is 35.3 Å². The molecule has 4 heteroatoms. The van der Waals surface area contributed by atoms with E-state index in [1.807, 2.05) is 51.1 Å². The molecular weight excluding hydrogens is 290 g/mol. The molecule has 0 saturated carbocycles. The monoisotopic (exact) mass is 309 g/mol. The van der Waals surface area contributed by atoms with Gasteiger partial charge < -0.3 is 9.64 Å². The van der Waals surface area contributed by atoms with Gasteiger partial charge in [-0.25, -0.2) is 0 Å². The van der Waals surface area contributed by atoms with E-state index in [2.05, 4.69) is 0 Å². The summed E-state index contributed by atoms with van der Waals surface area (Å²) < 4.78 is 5.62. The first-order valence-electron chi connectivity index (χ1n) is 7.69. The Morgan fingerprint density at radius 2 is 1.74 bits per heavy atom. The molecule has 3 rings (SSSR count). The van der Waals surface area contributed by atoms with Crippen LogP contribution in [0.5, 0.6) is 5.75 Å². The van der Waals surface area contributed by atoms with Gasteiger partial charge in [0.05, 0.1) is 23.9 Å². The Bertz CT molecular complexity index is 763. The summed E-state index contributed by atoms with van der Waals surface area (Å²) in [5, 5.41) is 0. The van der Waals surface area contributed by atoms with E-state index in [-0.39, 0.29) is 6.10 Å². The third-order valence-corrected chi connectivity index (χ3v) is 3.83. The first kappa shape index (κ1) is 15.3. The van der Waals surface area contributed by atoms with Crippen molar-refractivity contribution in [2.75, 3.05) is 4.90 Å². The Labute approximate surface area is 135 Å². The number of hydrogen-bond acceptors (Lipinski definition) is 3. The lowest BCUT2D eigenvalue weighted by molar-refractivity contribution is -0.114. The largest absolute Gasteiger partial charge is 0.491 e. The molecule has 0 N–H and O–H groups in total. The summed E-state index contributed by atoms with van der Waals surface area (Å²) in [4.78, 5) is 26.0. The molecule has 0 radical (unpaired) electrons. The highest BCUT2D eigenvalue weighted by Gasteiger charge is 2.36. The van der Waals surface area contributed by atoms with Crippen LogP contribution >= 0.6 is 0 Å². The minimum atomic E-state index is -0.461. The van der Waals surface area contributed by atoms with Gasteiger partial charge in [0, 0.05) is 0 Å². The number of aryl methyl sites for hydroxylation is 1. The molecule has 0 atom stereocenters. The van der Waals surface area contributed by atoms with Crippen molar-refractivity contribution < 1.29 is 14.3 Å². The molecule has 0 saturated heterocycles. The van der Waals surface area contributed by atoms with Gasteiger partial charge in [-0.1, -0.05) is 24.3 Å². The molecule has 2 aromatic rings. The van der Waals surface area contributed by atoms with Crippen LogP contribution in [-0.4, -0.2) is 17.8 Å². The van der Waals surface area contributed by atoms with Crippen molar-refractivity contribution in [3.8, 4) is 5.75 Å². The fraction of sp³-hybridized carbons (Fsp3) is 0.263. The SMILES string of the molecule is Cc1cccc2c1N(Cc1ccc(OC(C)C)cc1)C(=O)C2=O. The van der Waals surface area contributed by atoms with Crippen molar-refractivity contribution in [1.82, 2.24) is 0 Å². The zero-order valence-electron chi connectivity index (χ0n) is 13.5. The molecule has 0 aliphatic carbocycles. The normalized spacial score (nSPS) is 13.7. The summed E-state index contributed by atoms with van der Waals surface area (Å²) in [7, 11) is 0. The maximum Gasteiger partial charge on any atom is 0.299 e. The van der Waals surface area contributed by atoms with Crippen molar-refractivity contribution >= 4 is 17.4 Å². The number of para-hydroxylation sites is 1. The van der Waals surface area contributed by atoms with Crippen LogP contribution in [0.2, 0.25) is 0 Å². The lowest BCUT2D eigenvalue weighted by Gasteiger charge is -2.19. The maximum atomic E-state index is 12.3. The topological polar surface area (TPSA) is 46.6 Å². The summed E-state index contributed by atoms with van der Waals surface area (Å²) in [6, 6.07) is 13.0. The summed E-state index contributed by atoms with van der Waals surface area (Å²) in [5.41, 5.74) is 3.11. The van der Waals surface area contributed by atoms with Crippen molar-refractivity contribution in [3.63, 3.8) is 0 Å². The first-order chi connectivity index (χ1) is 11.0. The molecule has 1 aliphatic rings. The van der Waals surface area contributed by atoms with Crippen molar-refractivity contribution in [2.24, 2.45) is 0 Å². The zero-order chi connectivity index (χ0) is 16.6. The van der Waals surface area contributed by atoms with Gasteiger partial charge in [0.2, 0.25) is 0 Å². The third-order valence-electron chi connectivity index (χ3n) is 3.83. The quantitative estimate of drug-likeness (QED) is 0.812. The minimum absolute atomic E-state index is 0.119. The Balaban J connectivity index is 1.86. The van der Waals surface area contributed by atoms with Crippen molar-refractivity contribution in [2.45, 2.75) is 33.4 Å². The van der Waals surface area contributed by atoms with Gasteiger partial charge in [0.25, 0.3) is 11.7 Å². The molecule has 0 fully saturated rings. The molecule has 0 spiro atoms. The predicted octanol–water partition coefficient (Wildman–Crippen LogP) is 3.51. The smallest absolute Gasteiger partial charge is 0.299 e. The lowest BCUT2D eigenvalue weighted by Crippen LogP contribution is -2.29. The number of ketones is 1. The second-order valence-corrected chi connectivity index (χ2v) is 6.00. The highest BCUT2D eigenvalue weighted by molar-refractivity contribution is 6.52. The van der Waals surface area contributed by atoms with Crippen molar-refractivity contribution in [1.29, 1.82) is 0 Å². The molecule has 0 bridgehead atoms. The highest BCUT2D eigenvalue weighted by atomic mass is 16.5. The van der Waals surface area contributed by atoms with E-state index < -0.39 is 11.7 Å². The summed E-state index contributed by atoms with van der Waals surface area (Å²) in [5.74, 6) is -0.0931. The minimum Gasteiger partial charge on any atom is -0.491 e. The zero-order valence-corrected chi connectivity index (χ0v) is 13.5. The van der Waals surface area contributed by atoms with Crippen LogP contribution in [0, 0.1) is 6.92 Å². The molecule has 1 amide bonds.